The first kappa shape index (κ1) is 14.1. The molecule has 1 aliphatic carbocycles. The van der Waals surface area contributed by atoms with Gasteiger partial charge in [0.15, 0.2) is 0 Å². The number of likely N-dealkylation sites (tertiary alicyclic amines) is 1. The minimum Gasteiger partial charge on any atom is -0.333 e. The van der Waals surface area contributed by atoms with Crippen molar-refractivity contribution in [1.82, 2.24) is 4.90 Å². The monoisotopic (exact) mass is 292 g/mol. The number of carbonyl (C=O) groups excluding carboxylic acids is 1. The lowest BCUT2D eigenvalue weighted by atomic mass is 9.96. The molecule has 3 nitrogen and oxygen atoms in total. The van der Waals surface area contributed by atoms with Crippen LogP contribution in [-0.2, 0) is 12.8 Å². The van der Waals surface area contributed by atoms with Crippen molar-refractivity contribution < 1.29 is 4.79 Å². The van der Waals surface area contributed by atoms with E-state index < -0.39 is 0 Å². The summed E-state index contributed by atoms with van der Waals surface area (Å²) in [5, 5.41) is 0. The molecule has 110 valence electrons. The third-order valence-corrected chi connectivity index (χ3v) is 5.85. The van der Waals surface area contributed by atoms with E-state index in [4.69, 9.17) is 5.73 Å². The van der Waals surface area contributed by atoms with E-state index >= 15 is 0 Å². The topological polar surface area (TPSA) is 46.3 Å². The summed E-state index contributed by atoms with van der Waals surface area (Å²) < 4.78 is 0. The molecule has 1 aliphatic heterocycles. The first-order valence-electron chi connectivity index (χ1n) is 7.85. The molecule has 1 saturated heterocycles. The van der Waals surface area contributed by atoms with E-state index in [9.17, 15) is 4.79 Å². The van der Waals surface area contributed by atoms with Crippen LogP contribution < -0.4 is 5.73 Å². The first-order chi connectivity index (χ1) is 9.66. The minimum absolute atomic E-state index is 0.0637. The number of nitrogens with two attached hydrogens (primary N) is 1. The average molecular weight is 292 g/mol. The highest BCUT2D eigenvalue weighted by atomic mass is 32.1. The fourth-order valence-electron chi connectivity index (χ4n) is 3.49. The normalized spacial score (nSPS) is 24.3. The third-order valence-electron chi connectivity index (χ3n) is 4.62. The van der Waals surface area contributed by atoms with Crippen LogP contribution >= 0.6 is 11.3 Å². The van der Waals surface area contributed by atoms with Crippen LogP contribution in [0.2, 0.25) is 0 Å². The van der Waals surface area contributed by atoms with E-state index in [1.165, 1.54) is 29.7 Å². The van der Waals surface area contributed by atoms with Gasteiger partial charge in [-0.15, -0.1) is 11.3 Å². The van der Waals surface area contributed by atoms with Gasteiger partial charge >= 0.3 is 0 Å². The maximum Gasteiger partial charge on any atom is 0.264 e. The van der Waals surface area contributed by atoms with E-state index in [1.54, 1.807) is 11.3 Å². The van der Waals surface area contributed by atoms with E-state index in [1.807, 2.05) is 11.8 Å². The van der Waals surface area contributed by atoms with Crippen LogP contribution in [0.15, 0.2) is 6.07 Å². The third kappa shape index (κ3) is 2.63. The molecule has 20 heavy (non-hydrogen) atoms. The van der Waals surface area contributed by atoms with Gasteiger partial charge in [0.1, 0.15) is 0 Å². The van der Waals surface area contributed by atoms with Crippen LogP contribution in [0, 0.1) is 0 Å². The molecule has 1 aromatic heterocycles. The Morgan fingerprint density at radius 1 is 1.35 bits per heavy atom. The standard InChI is InChI=1S/C16H24N2OS/c1-11(17)13-7-4-5-9-18(13)16(19)15-10-12-6-2-3-8-14(12)20-15/h10-11,13H,2-9,17H2,1H3. The summed E-state index contributed by atoms with van der Waals surface area (Å²) in [4.78, 5) is 17.2. The molecule has 0 aromatic carbocycles. The smallest absolute Gasteiger partial charge is 0.264 e. The predicted molar refractivity (Wildman–Crippen MR) is 83.3 cm³/mol. The molecule has 1 amide bonds. The molecule has 0 radical (unpaired) electrons. The minimum atomic E-state index is 0.0637. The molecule has 4 heteroatoms. The summed E-state index contributed by atoms with van der Waals surface area (Å²) in [5.41, 5.74) is 7.50. The highest BCUT2D eigenvalue weighted by Gasteiger charge is 2.31. The van der Waals surface area contributed by atoms with Crippen molar-refractivity contribution in [2.45, 2.75) is 64.0 Å². The van der Waals surface area contributed by atoms with Crippen molar-refractivity contribution in [3.05, 3.63) is 21.4 Å². The van der Waals surface area contributed by atoms with Gasteiger partial charge in [0, 0.05) is 23.5 Å². The van der Waals surface area contributed by atoms with Gasteiger partial charge < -0.3 is 10.6 Å². The molecule has 2 atom stereocenters. The summed E-state index contributed by atoms with van der Waals surface area (Å²) in [6.45, 7) is 2.89. The molecular weight excluding hydrogens is 268 g/mol. The number of amides is 1. The van der Waals surface area contributed by atoms with Gasteiger partial charge in [-0.3, -0.25) is 4.79 Å². The highest BCUT2D eigenvalue weighted by Crippen LogP contribution is 2.31. The van der Waals surface area contributed by atoms with Gasteiger partial charge in [-0.05, 0) is 63.5 Å². The van der Waals surface area contributed by atoms with E-state index in [-0.39, 0.29) is 18.0 Å². The number of hydrogen-bond acceptors (Lipinski definition) is 3. The zero-order valence-electron chi connectivity index (χ0n) is 12.2. The van der Waals surface area contributed by atoms with Crippen molar-refractivity contribution in [2.75, 3.05) is 6.54 Å². The van der Waals surface area contributed by atoms with Crippen molar-refractivity contribution in [3.8, 4) is 0 Å². The van der Waals surface area contributed by atoms with Crippen molar-refractivity contribution >= 4 is 17.2 Å². The average Bonchev–Trinajstić information content (AvgIpc) is 2.90. The lowest BCUT2D eigenvalue weighted by Gasteiger charge is -2.37. The summed E-state index contributed by atoms with van der Waals surface area (Å²) >= 11 is 1.72. The Balaban J connectivity index is 1.81. The fraction of sp³-hybridized carbons (Fsp3) is 0.688. The molecule has 3 rings (SSSR count). The van der Waals surface area contributed by atoms with Gasteiger partial charge in [-0.2, -0.15) is 0 Å². The van der Waals surface area contributed by atoms with Gasteiger partial charge in [0.05, 0.1) is 4.88 Å². The zero-order chi connectivity index (χ0) is 14.1. The Morgan fingerprint density at radius 3 is 2.90 bits per heavy atom. The van der Waals surface area contributed by atoms with Gasteiger partial charge in [-0.25, -0.2) is 0 Å². The SMILES string of the molecule is CC(N)C1CCCCN1C(=O)c1cc2c(s1)CCCC2. The van der Waals surface area contributed by atoms with Crippen LogP contribution in [0.5, 0.6) is 0 Å². The number of nitrogens with zero attached hydrogens (tertiary/aromatic N) is 1. The van der Waals surface area contributed by atoms with E-state index in [0.717, 1.165) is 37.1 Å². The van der Waals surface area contributed by atoms with Crippen LogP contribution in [0.25, 0.3) is 0 Å². The number of hydrogen-bond donors (Lipinski definition) is 1. The van der Waals surface area contributed by atoms with Gasteiger partial charge in [-0.1, -0.05) is 0 Å². The molecular formula is C16H24N2OS. The molecule has 1 fully saturated rings. The maximum atomic E-state index is 12.8. The van der Waals surface area contributed by atoms with Gasteiger partial charge in [0.25, 0.3) is 5.91 Å². The molecule has 2 unspecified atom stereocenters. The largest absolute Gasteiger partial charge is 0.333 e. The Labute approximate surface area is 125 Å². The second-order valence-electron chi connectivity index (χ2n) is 6.19. The molecule has 2 aliphatic rings. The molecule has 0 saturated carbocycles. The lowest BCUT2D eigenvalue weighted by molar-refractivity contribution is 0.0589. The van der Waals surface area contributed by atoms with Crippen LogP contribution in [-0.4, -0.2) is 29.4 Å². The summed E-state index contributed by atoms with van der Waals surface area (Å²) in [7, 11) is 0. The Kier molecular flexibility index (Phi) is 4.13. The highest BCUT2D eigenvalue weighted by molar-refractivity contribution is 7.14. The number of thiophene rings is 1. The second kappa shape index (κ2) is 5.86. The van der Waals surface area contributed by atoms with Crippen molar-refractivity contribution in [2.24, 2.45) is 5.73 Å². The Bertz CT molecular complexity index is 471. The maximum absolute atomic E-state index is 12.8. The van der Waals surface area contributed by atoms with Crippen LogP contribution in [0.3, 0.4) is 0 Å². The number of aryl methyl sites for hydroxylation is 2. The summed E-state index contributed by atoms with van der Waals surface area (Å²) in [5.74, 6) is 0.214. The van der Waals surface area contributed by atoms with E-state index in [2.05, 4.69) is 6.07 Å². The van der Waals surface area contributed by atoms with Crippen molar-refractivity contribution in [1.29, 1.82) is 0 Å². The molecule has 0 spiro atoms. The Hall–Kier alpha value is -0.870. The van der Waals surface area contributed by atoms with Crippen molar-refractivity contribution in [3.63, 3.8) is 0 Å². The zero-order valence-corrected chi connectivity index (χ0v) is 13.0. The number of piperidine rings is 1. The second-order valence-corrected chi connectivity index (χ2v) is 7.32. The van der Waals surface area contributed by atoms with Crippen LogP contribution in [0.4, 0.5) is 0 Å². The molecule has 0 bridgehead atoms. The summed E-state index contributed by atoms with van der Waals surface area (Å²) in [6, 6.07) is 2.43. The quantitative estimate of drug-likeness (QED) is 0.911. The first-order valence-corrected chi connectivity index (χ1v) is 8.66. The predicted octanol–water partition coefficient (Wildman–Crippen LogP) is 2.97. The number of rotatable bonds is 2. The van der Waals surface area contributed by atoms with Gasteiger partial charge in [0.2, 0.25) is 0 Å². The molecule has 1 aromatic rings. The number of fused-ring (bicyclic) bond motifs is 1. The Morgan fingerprint density at radius 2 is 2.15 bits per heavy atom. The molecule has 2 N–H and O–H groups in total. The van der Waals surface area contributed by atoms with Crippen LogP contribution in [0.1, 0.15) is 59.1 Å². The molecule has 2 heterocycles. The summed E-state index contributed by atoms with van der Waals surface area (Å²) in [6.07, 6.45) is 8.20. The van der Waals surface area contributed by atoms with E-state index in [0.29, 0.717) is 0 Å². The number of carbonyl (C=O) groups is 1. The lowest BCUT2D eigenvalue weighted by Crippen LogP contribution is -2.51. The fourth-order valence-corrected chi connectivity index (χ4v) is 4.70.